The molecule has 1 aromatic carbocycles. The van der Waals surface area contributed by atoms with Gasteiger partial charge in [0.25, 0.3) is 5.91 Å². The Morgan fingerprint density at radius 3 is 2.47 bits per heavy atom. The van der Waals surface area contributed by atoms with Gasteiger partial charge in [-0.3, -0.25) is 14.5 Å². The topological polar surface area (TPSA) is 86.1 Å². The van der Waals surface area contributed by atoms with E-state index in [1.807, 2.05) is 47.4 Å². The number of amides is 2. The maximum atomic E-state index is 13.2. The number of halogens is 3. The highest BCUT2D eigenvalue weighted by molar-refractivity contribution is 5.94. The van der Waals surface area contributed by atoms with Crippen LogP contribution in [0, 0.1) is 5.92 Å². The van der Waals surface area contributed by atoms with Crippen LogP contribution < -0.4 is 5.32 Å². The molecule has 3 aromatic rings. The van der Waals surface area contributed by atoms with Crippen LogP contribution in [0.25, 0.3) is 11.2 Å². The molecule has 0 radical (unpaired) electrons. The van der Waals surface area contributed by atoms with Gasteiger partial charge in [-0.25, -0.2) is 4.52 Å². The molecular formula is C33H40F3N7O2. The summed E-state index contributed by atoms with van der Waals surface area (Å²) in [6.45, 7) is 6.85. The molecule has 45 heavy (non-hydrogen) atoms. The first-order chi connectivity index (χ1) is 21.6. The van der Waals surface area contributed by atoms with E-state index in [-0.39, 0.29) is 12.5 Å². The second kappa shape index (κ2) is 13.2. The van der Waals surface area contributed by atoms with E-state index >= 15 is 0 Å². The van der Waals surface area contributed by atoms with Gasteiger partial charge in [0.1, 0.15) is 0 Å². The zero-order valence-electron chi connectivity index (χ0n) is 25.6. The van der Waals surface area contributed by atoms with Crippen molar-refractivity contribution in [3.63, 3.8) is 0 Å². The molecule has 1 N–H and O–H groups in total. The lowest BCUT2D eigenvalue weighted by molar-refractivity contribution is -0.148. The highest BCUT2D eigenvalue weighted by Crippen LogP contribution is 2.29. The van der Waals surface area contributed by atoms with Crippen LogP contribution in [0.15, 0.2) is 48.7 Å². The molecule has 2 saturated heterocycles. The molecule has 0 spiro atoms. The van der Waals surface area contributed by atoms with Gasteiger partial charge < -0.3 is 15.1 Å². The Morgan fingerprint density at radius 1 is 1.00 bits per heavy atom. The first-order valence-corrected chi connectivity index (χ1v) is 15.9. The van der Waals surface area contributed by atoms with Crippen LogP contribution in [-0.4, -0.2) is 92.6 Å². The summed E-state index contributed by atoms with van der Waals surface area (Å²) in [6, 6.07) is 11.7. The summed E-state index contributed by atoms with van der Waals surface area (Å²) in [4.78, 5) is 36.2. The Kier molecular flexibility index (Phi) is 9.11. The summed E-state index contributed by atoms with van der Waals surface area (Å²) in [5.41, 5.74) is 3.88. The molecular weight excluding hydrogens is 583 g/mol. The van der Waals surface area contributed by atoms with Crippen molar-refractivity contribution >= 4 is 34.7 Å². The van der Waals surface area contributed by atoms with Crippen LogP contribution >= 0.6 is 0 Å². The second-order valence-corrected chi connectivity index (χ2v) is 12.5. The molecule has 0 bridgehead atoms. The molecule has 240 valence electrons. The summed E-state index contributed by atoms with van der Waals surface area (Å²) in [6.07, 6.45) is 2.83. The minimum Gasteiger partial charge on any atom is -0.339 e. The number of pyridine rings is 1. The number of aromatic nitrogens is 3. The number of nitrogens with zero attached hydrogens (tertiary/aromatic N) is 6. The number of likely N-dealkylation sites (tertiary alicyclic amines) is 2. The van der Waals surface area contributed by atoms with Crippen LogP contribution in [0.1, 0.15) is 67.8 Å². The molecule has 1 unspecified atom stereocenters. The molecule has 0 aliphatic carbocycles. The first-order valence-electron chi connectivity index (χ1n) is 15.9. The fourth-order valence-corrected chi connectivity index (χ4v) is 6.76. The van der Waals surface area contributed by atoms with E-state index in [0.717, 1.165) is 48.7 Å². The first kappa shape index (κ1) is 31.1. The Hall–Kier alpha value is -3.93. The van der Waals surface area contributed by atoms with Gasteiger partial charge in [-0.05, 0) is 86.5 Å². The monoisotopic (exact) mass is 623 g/mol. The number of anilines is 2. The van der Waals surface area contributed by atoms with Crippen molar-refractivity contribution in [1.29, 1.82) is 0 Å². The standard InChI is InChI=1S/C33H40F3N7O2/c1-23-4-2-16-42(22-23)27-13-20-41(21-14-27)31(45)25-6-8-26(9-7-25)37-32-38-30-28(5-3-17-43(30)39-32)24-11-18-40(19-12-24)29(44)10-15-33(34,35)36/h3,5-9,11,17,23,27H,2,4,10,12-16,18-22H2,1H3,(H,37,39). The van der Waals surface area contributed by atoms with Crippen molar-refractivity contribution in [2.24, 2.45) is 5.92 Å². The molecule has 3 aliphatic heterocycles. The lowest BCUT2D eigenvalue weighted by Gasteiger charge is -2.41. The molecule has 2 fully saturated rings. The quantitative estimate of drug-likeness (QED) is 0.360. The summed E-state index contributed by atoms with van der Waals surface area (Å²) >= 11 is 0. The van der Waals surface area contributed by atoms with Crippen molar-refractivity contribution in [1.82, 2.24) is 29.3 Å². The molecule has 0 saturated carbocycles. The number of benzene rings is 1. The number of hydrogen-bond donors (Lipinski definition) is 1. The molecule has 2 amide bonds. The van der Waals surface area contributed by atoms with Crippen molar-refractivity contribution < 1.29 is 22.8 Å². The maximum absolute atomic E-state index is 13.2. The maximum Gasteiger partial charge on any atom is 0.389 e. The summed E-state index contributed by atoms with van der Waals surface area (Å²) < 4.78 is 39.2. The molecule has 3 aliphatic rings. The second-order valence-electron chi connectivity index (χ2n) is 12.5. The number of carbonyl (C=O) groups excluding carboxylic acids is 2. The number of hydrogen-bond acceptors (Lipinski definition) is 6. The van der Waals surface area contributed by atoms with Gasteiger partial charge in [0.15, 0.2) is 5.65 Å². The SMILES string of the molecule is CC1CCCN(C2CCN(C(=O)c3ccc(Nc4nc5c(C6=CCN(C(=O)CCC(F)(F)F)CC6)cccn5n4)cc3)CC2)C1. The van der Waals surface area contributed by atoms with E-state index in [2.05, 4.69) is 22.2 Å². The summed E-state index contributed by atoms with van der Waals surface area (Å²) in [5.74, 6) is 0.723. The third-order valence-corrected chi connectivity index (χ3v) is 9.24. The zero-order valence-corrected chi connectivity index (χ0v) is 25.6. The van der Waals surface area contributed by atoms with Gasteiger partial charge in [0, 0.05) is 68.2 Å². The predicted octanol–water partition coefficient (Wildman–Crippen LogP) is 5.77. The minimum atomic E-state index is -4.34. The average molecular weight is 624 g/mol. The van der Waals surface area contributed by atoms with Gasteiger partial charge in [-0.2, -0.15) is 18.2 Å². The number of piperidine rings is 2. The van der Waals surface area contributed by atoms with E-state index < -0.39 is 24.9 Å². The van der Waals surface area contributed by atoms with Gasteiger partial charge >= 0.3 is 6.18 Å². The van der Waals surface area contributed by atoms with E-state index in [9.17, 15) is 22.8 Å². The van der Waals surface area contributed by atoms with Crippen LogP contribution in [0.2, 0.25) is 0 Å². The van der Waals surface area contributed by atoms with E-state index in [1.165, 1.54) is 30.8 Å². The average Bonchev–Trinajstić information content (AvgIpc) is 3.46. The Bertz CT molecular complexity index is 1540. The lowest BCUT2D eigenvalue weighted by Crippen LogP contribution is -2.49. The number of alkyl halides is 3. The number of rotatable bonds is 7. The Morgan fingerprint density at radius 2 is 1.78 bits per heavy atom. The molecule has 5 heterocycles. The summed E-state index contributed by atoms with van der Waals surface area (Å²) in [7, 11) is 0. The molecule has 12 heteroatoms. The number of fused-ring (bicyclic) bond motifs is 1. The minimum absolute atomic E-state index is 0.0592. The van der Waals surface area contributed by atoms with E-state index in [4.69, 9.17) is 4.98 Å². The van der Waals surface area contributed by atoms with Gasteiger partial charge in [0.05, 0.1) is 6.42 Å². The molecule has 2 aromatic heterocycles. The van der Waals surface area contributed by atoms with E-state index in [0.29, 0.717) is 36.2 Å². The van der Waals surface area contributed by atoms with Crippen molar-refractivity contribution in [3.05, 3.63) is 59.8 Å². The van der Waals surface area contributed by atoms with Crippen LogP contribution in [0.5, 0.6) is 0 Å². The van der Waals surface area contributed by atoms with Crippen molar-refractivity contribution in [2.45, 2.75) is 64.1 Å². The third kappa shape index (κ3) is 7.49. The van der Waals surface area contributed by atoms with Crippen LogP contribution in [0.4, 0.5) is 24.8 Å². The zero-order chi connectivity index (χ0) is 31.6. The highest BCUT2D eigenvalue weighted by Gasteiger charge is 2.31. The van der Waals surface area contributed by atoms with Crippen LogP contribution in [0.3, 0.4) is 0 Å². The third-order valence-electron chi connectivity index (χ3n) is 9.24. The van der Waals surface area contributed by atoms with Gasteiger partial charge in [-0.15, -0.1) is 5.10 Å². The molecule has 9 nitrogen and oxygen atoms in total. The Balaban J connectivity index is 1.05. The highest BCUT2D eigenvalue weighted by atomic mass is 19.4. The fraction of sp³-hybridized carbons (Fsp3) is 0.515. The Labute approximate surface area is 261 Å². The molecule has 6 rings (SSSR count). The predicted molar refractivity (Wildman–Crippen MR) is 166 cm³/mol. The van der Waals surface area contributed by atoms with Crippen molar-refractivity contribution in [3.8, 4) is 0 Å². The van der Waals surface area contributed by atoms with E-state index in [1.54, 1.807) is 10.7 Å². The largest absolute Gasteiger partial charge is 0.389 e. The van der Waals surface area contributed by atoms with Gasteiger partial charge in [-0.1, -0.05) is 13.0 Å². The van der Waals surface area contributed by atoms with Crippen molar-refractivity contribution in [2.75, 3.05) is 44.6 Å². The van der Waals surface area contributed by atoms with Crippen LogP contribution in [-0.2, 0) is 4.79 Å². The number of nitrogens with one attached hydrogen (secondary N) is 1. The number of carbonyl (C=O) groups is 2. The molecule has 1 atom stereocenters. The normalized spacial score (nSPS) is 20.4. The van der Waals surface area contributed by atoms with Gasteiger partial charge in [0.2, 0.25) is 11.9 Å². The summed E-state index contributed by atoms with van der Waals surface area (Å²) in [5, 5.41) is 7.78. The lowest BCUT2D eigenvalue weighted by atomic mass is 9.95. The fourth-order valence-electron chi connectivity index (χ4n) is 6.76. The smallest absolute Gasteiger partial charge is 0.339 e.